The summed E-state index contributed by atoms with van der Waals surface area (Å²) in [6, 6.07) is 3.99. The van der Waals surface area contributed by atoms with Gasteiger partial charge in [-0.05, 0) is 29.7 Å². The van der Waals surface area contributed by atoms with Crippen LogP contribution in [0.1, 0.15) is 17.0 Å². The van der Waals surface area contributed by atoms with E-state index >= 15 is 0 Å². The molecule has 25 heavy (non-hydrogen) atoms. The number of amides is 1. The standard InChI is InChI=1S/C17H23N5O.2ClH/c1-21(8-5-13-3-6-18-7-4-13)17(23)16-11-19-10-15(16)14-9-20-22(2)12-14;;/h3-4,6-7,9,12,15-16,19H,5,8,10-11H2,1-2H3;2*1H/t15-,16+;;/m1../s1. The number of hydrogen-bond acceptors (Lipinski definition) is 4. The number of nitrogens with one attached hydrogen (secondary N) is 1. The number of carbonyl (C=O) groups excluding carboxylic acids is 1. The molecule has 0 aliphatic carbocycles. The molecule has 1 N–H and O–H groups in total. The molecule has 0 bridgehead atoms. The molecule has 3 rings (SSSR count). The fourth-order valence-electron chi connectivity index (χ4n) is 3.16. The number of halogens is 2. The van der Waals surface area contributed by atoms with Crippen LogP contribution in [0.2, 0.25) is 0 Å². The number of rotatable bonds is 5. The lowest BCUT2D eigenvalue weighted by Gasteiger charge is -2.24. The topological polar surface area (TPSA) is 63.1 Å². The van der Waals surface area contributed by atoms with E-state index in [1.54, 1.807) is 17.1 Å². The van der Waals surface area contributed by atoms with Crippen LogP contribution in [0.25, 0.3) is 0 Å². The number of hydrogen-bond donors (Lipinski definition) is 1. The molecule has 2 atom stereocenters. The highest BCUT2D eigenvalue weighted by Crippen LogP contribution is 2.29. The highest BCUT2D eigenvalue weighted by atomic mass is 35.5. The minimum Gasteiger partial charge on any atom is -0.345 e. The number of carbonyl (C=O) groups is 1. The summed E-state index contributed by atoms with van der Waals surface area (Å²) >= 11 is 0. The number of likely N-dealkylation sites (N-methyl/N-ethyl adjacent to an activating group) is 1. The average molecular weight is 386 g/mol. The Hall–Kier alpha value is -1.63. The molecule has 1 amide bonds. The minimum atomic E-state index is -0.0124. The molecule has 1 saturated heterocycles. The van der Waals surface area contributed by atoms with Gasteiger partial charge in [0.1, 0.15) is 0 Å². The van der Waals surface area contributed by atoms with E-state index in [2.05, 4.69) is 15.4 Å². The van der Waals surface area contributed by atoms with Gasteiger partial charge in [-0.15, -0.1) is 24.8 Å². The fraction of sp³-hybridized carbons (Fsp3) is 0.471. The van der Waals surface area contributed by atoms with E-state index in [9.17, 15) is 4.79 Å². The highest BCUT2D eigenvalue weighted by molar-refractivity contribution is 5.85. The summed E-state index contributed by atoms with van der Waals surface area (Å²) in [4.78, 5) is 18.7. The van der Waals surface area contributed by atoms with Crippen molar-refractivity contribution in [3.8, 4) is 0 Å². The summed E-state index contributed by atoms with van der Waals surface area (Å²) in [5, 5.41) is 7.58. The summed E-state index contributed by atoms with van der Waals surface area (Å²) in [5.41, 5.74) is 2.34. The lowest BCUT2D eigenvalue weighted by Crippen LogP contribution is -2.37. The van der Waals surface area contributed by atoms with Crippen LogP contribution >= 0.6 is 24.8 Å². The normalized spacial score (nSPS) is 19.0. The number of aromatic nitrogens is 3. The molecule has 0 radical (unpaired) electrons. The molecule has 6 nitrogen and oxygen atoms in total. The molecule has 138 valence electrons. The number of aryl methyl sites for hydroxylation is 1. The van der Waals surface area contributed by atoms with Crippen LogP contribution in [0.4, 0.5) is 0 Å². The van der Waals surface area contributed by atoms with E-state index in [4.69, 9.17) is 0 Å². The second-order valence-corrected chi connectivity index (χ2v) is 6.18. The zero-order valence-electron chi connectivity index (χ0n) is 14.5. The van der Waals surface area contributed by atoms with Crippen molar-refractivity contribution in [1.29, 1.82) is 0 Å². The van der Waals surface area contributed by atoms with Gasteiger partial charge in [0.15, 0.2) is 0 Å². The summed E-state index contributed by atoms with van der Waals surface area (Å²) in [6.45, 7) is 2.29. The Labute approximate surface area is 160 Å². The predicted molar refractivity (Wildman–Crippen MR) is 102 cm³/mol. The first kappa shape index (κ1) is 21.4. The van der Waals surface area contributed by atoms with Gasteiger partial charge >= 0.3 is 0 Å². The van der Waals surface area contributed by atoms with E-state index in [0.29, 0.717) is 0 Å². The molecule has 2 aromatic heterocycles. The van der Waals surface area contributed by atoms with Crippen LogP contribution in [-0.2, 0) is 18.3 Å². The SMILES string of the molecule is CN(CCc1ccncc1)C(=O)[C@H]1CNC[C@@H]1c1cnn(C)c1.Cl.Cl. The van der Waals surface area contributed by atoms with Crippen molar-refractivity contribution in [3.05, 3.63) is 48.0 Å². The lowest BCUT2D eigenvalue weighted by molar-refractivity contribution is -0.134. The van der Waals surface area contributed by atoms with E-state index in [0.717, 1.165) is 31.6 Å². The molecule has 3 heterocycles. The smallest absolute Gasteiger partial charge is 0.227 e. The van der Waals surface area contributed by atoms with Gasteiger partial charge in [0.2, 0.25) is 5.91 Å². The third kappa shape index (κ3) is 5.17. The fourth-order valence-corrected chi connectivity index (χ4v) is 3.16. The first-order valence-electron chi connectivity index (χ1n) is 7.98. The van der Waals surface area contributed by atoms with Gasteiger partial charge in [-0.1, -0.05) is 0 Å². The van der Waals surface area contributed by atoms with Gasteiger partial charge in [-0.2, -0.15) is 5.10 Å². The molecule has 1 aliphatic heterocycles. The number of pyridine rings is 1. The molecule has 0 spiro atoms. The molecular weight excluding hydrogens is 361 g/mol. The lowest BCUT2D eigenvalue weighted by atomic mass is 9.90. The van der Waals surface area contributed by atoms with Crippen LogP contribution < -0.4 is 5.32 Å². The van der Waals surface area contributed by atoms with Crippen LogP contribution in [0.15, 0.2) is 36.9 Å². The quantitative estimate of drug-likeness (QED) is 0.849. The predicted octanol–water partition coefficient (Wildman–Crippen LogP) is 1.66. The van der Waals surface area contributed by atoms with Gasteiger partial charge in [0.25, 0.3) is 0 Å². The largest absolute Gasteiger partial charge is 0.345 e. The second-order valence-electron chi connectivity index (χ2n) is 6.18. The van der Waals surface area contributed by atoms with Crippen LogP contribution in [0.3, 0.4) is 0 Å². The third-order valence-electron chi connectivity index (χ3n) is 4.55. The van der Waals surface area contributed by atoms with Gasteiger partial charge in [-0.3, -0.25) is 14.5 Å². The van der Waals surface area contributed by atoms with Crippen LogP contribution in [0.5, 0.6) is 0 Å². The Morgan fingerprint density at radius 2 is 2.04 bits per heavy atom. The Kier molecular flexibility index (Phi) is 8.35. The third-order valence-corrected chi connectivity index (χ3v) is 4.55. The van der Waals surface area contributed by atoms with E-state index in [-0.39, 0.29) is 42.6 Å². The minimum absolute atomic E-state index is 0. The Morgan fingerprint density at radius 1 is 1.32 bits per heavy atom. The Balaban J connectivity index is 0.00000156. The van der Waals surface area contributed by atoms with Crippen molar-refractivity contribution in [2.45, 2.75) is 12.3 Å². The maximum Gasteiger partial charge on any atom is 0.227 e. The van der Waals surface area contributed by atoms with Crippen molar-refractivity contribution in [2.24, 2.45) is 13.0 Å². The first-order chi connectivity index (χ1) is 11.1. The molecule has 8 heteroatoms. The summed E-state index contributed by atoms with van der Waals surface area (Å²) in [7, 11) is 3.80. The van der Waals surface area contributed by atoms with Gasteiger partial charge < -0.3 is 10.2 Å². The van der Waals surface area contributed by atoms with E-state index < -0.39 is 0 Å². The zero-order chi connectivity index (χ0) is 16.2. The Morgan fingerprint density at radius 3 is 2.68 bits per heavy atom. The van der Waals surface area contributed by atoms with Crippen LogP contribution in [-0.4, -0.2) is 52.3 Å². The van der Waals surface area contributed by atoms with E-state index in [1.165, 1.54) is 5.56 Å². The molecule has 1 aliphatic rings. The molecule has 1 fully saturated rings. The van der Waals surface area contributed by atoms with Crippen molar-refractivity contribution in [1.82, 2.24) is 25.0 Å². The molecule has 0 saturated carbocycles. The molecule has 0 unspecified atom stereocenters. The monoisotopic (exact) mass is 385 g/mol. The zero-order valence-corrected chi connectivity index (χ0v) is 16.1. The van der Waals surface area contributed by atoms with Crippen molar-refractivity contribution in [2.75, 3.05) is 26.7 Å². The van der Waals surface area contributed by atoms with E-state index in [1.807, 2.05) is 43.5 Å². The maximum atomic E-state index is 12.8. The highest BCUT2D eigenvalue weighted by Gasteiger charge is 2.36. The maximum absolute atomic E-state index is 12.8. The summed E-state index contributed by atoms with van der Waals surface area (Å²) in [6.07, 6.45) is 8.30. The number of nitrogens with zero attached hydrogens (tertiary/aromatic N) is 4. The van der Waals surface area contributed by atoms with Crippen LogP contribution in [0, 0.1) is 5.92 Å². The average Bonchev–Trinajstić information content (AvgIpc) is 3.21. The molecular formula is C17H25Cl2N5O. The van der Waals surface area contributed by atoms with Gasteiger partial charge in [0.05, 0.1) is 12.1 Å². The van der Waals surface area contributed by atoms with Gasteiger partial charge in [0, 0.05) is 58.2 Å². The second kappa shape index (κ2) is 9.75. The molecule has 2 aromatic rings. The summed E-state index contributed by atoms with van der Waals surface area (Å²) in [5.74, 6) is 0.402. The first-order valence-corrected chi connectivity index (χ1v) is 7.98. The van der Waals surface area contributed by atoms with Crippen molar-refractivity contribution >= 4 is 30.7 Å². The van der Waals surface area contributed by atoms with Crippen molar-refractivity contribution < 1.29 is 4.79 Å². The molecule has 0 aromatic carbocycles. The van der Waals surface area contributed by atoms with Gasteiger partial charge in [-0.25, -0.2) is 0 Å². The Bertz CT molecular complexity index is 664. The summed E-state index contributed by atoms with van der Waals surface area (Å²) < 4.78 is 1.79. The van der Waals surface area contributed by atoms with Crippen molar-refractivity contribution in [3.63, 3.8) is 0 Å².